The Morgan fingerprint density at radius 1 is 0.917 bits per heavy atom. The minimum Gasteiger partial charge on any atom is -0.416 e. The summed E-state index contributed by atoms with van der Waals surface area (Å²) in [5.74, 6) is 2.10. The molecule has 180 valence electrons. The van der Waals surface area contributed by atoms with E-state index in [2.05, 4.69) is 31.7 Å². The summed E-state index contributed by atoms with van der Waals surface area (Å²) in [5, 5.41) is 8.37. The predicted octanol–water partition coefficient (Wildman–Crippen LogP) is 5.64. The van der Waals surface area contributed by atoms with E-state index in [0.29, 0.717) is 24.2 Å². The van der Waals surface area contributed by atoms with Crippen molar-refractivity contribution in [3.63, 3.8) is 0 Å². The third kappa shape index (κ3) is 4.25. The number of aromatic nitrogens is 7. The van der Waals surface area contributed by atoms with Crippen LogP contribution in [0.1, 0.15) is 12.7 Å². The van der Waals surface area contributed by atoms with Crippen LogP contribution in [-0.4, -0.2) is 34.3 Å². The second-order valence-corrected chi connectivity index (χ2v) is 8.02. The number of halogens is 2. The van der Waals surface area contributed by atoms with Gasteiger partial charge in [0.1, 0.15) is 17.5 Å². The van der Waals surface area contributed by atoms with Crippen molar-refractivity contribution >= 4 is 23.4 Å². The van der Waals surface area contributed by atoms with Gasteiger partial charge in [0, 0.05) is 42.5 Å². The lowest BCUT2D eigenvalue weighted by molar-refractivity contribution is 0.584. The van der Waals surface area contributed by atoms with Crippen molar-refractivity contribution in [3.05, 3.63) is 91.0 Å². The van der Waals surface area contributed by atoms with Crippen LogP contribution in [0, 0.1) is 5.82 Å². The van der Waals surface area contributed by atoms with E-state index in [1.807, 2.05) is 47.2 Å². The molecule has 4 aromatic heterocycles. The molecule has 0 saturated heterocycles. The average Bonchev–Trinajstić information content (AvgIpc) is 3.63. The fourth-order valence-electron chi connectivity index (χ4n) is 4.21. The zero-order valence-corrected chi connectivity index (χ0v) is 20.1. The zero-order chi connectivity index (χ0) is 23.8. The molecule has 0 bridgehead atoms. The van der Waals surface area contributed by atoms with Crippen molar-refractivity contribution in [1.29, 1.82) is 0 Å². The normalized spacial score (nSPS) is 11.1. The monoisotopic (exact) mass is 501 g/mol. The van der Waals surface area contributed by atoms with Gasteiger partial charge in [-0.1, -0.05) is 12.1 Å². The summed E-state index contributed by atoms with van der Waals surface area (Å²) in [6.07, 6.45) is 6.97. The number of nitrogens with zero attached hydrogens (tertiary/aromatic N) is 7. The largest absolute Gasteiger partial charge is 0.416 e. The molecule has 10 heteroatoms. The molecule has 0 aliphatic rings. The van der Waals surface area contributed by atoms with Crippen LogP contribution in [0.15, 0.2) is 83.8 Å². The third-order valence-corrected chi connectivity index (χ3v) is 5.83. The van der Waals surface area contributed by atoms with Crippen LogP contribution in [0.4, 0.5) is 4.39 Å². The Labute approximate surface area is 211 Å². The van der Waals surface area contributed by atoms with Gasteiger partial charge in [-0.2, -0.15) is 0 Å². The molecule has 0 aliphatic carbocycles. The first-order valence-corrected chi connectivity index (χ1v) is 11.2. The quantitative estimate of drug-likeness (QED) is 0.293. The molecular formula is C26H21ClFN7O. The number of benzene rings is 2. The summed E-state index contributed by atoms with van der Waals surface area (Å²) in [4.78, 5) is 13.4. The highest BCUT2D eigenvalue weighted by Crippen LogP contribution is 2.28. The lowest BCUT2D eigenvalue weighted by Crippen LogP contribution is -2.08. The van der Waals surface area contributed by atoms with Gasteiger partial charge in [-0.25, -0.2) is 14.4 Å². The third-order valence-electron chi connectivity index (χ3n) is 5.83. The molecule has 6 aromatic rings. The maximum atomic E-state index is 13.8. The number of rotatable bonds is 6. The minimum atomic E-state index is -0.293. The molecule has 6 rings (SSSR count). The van der Waals surface area contributed by atoms with Crippen LogP contribution >= 0.6 is 12.4 Å². The highest BCUT2D eigenvalue weighted by molar-refractivity contribution is 5.85. The van der Waals surface area contributed by atoms with Crippen LogP contribution in [-0.2, 0) is 13.1 Å². The summed E-state index contributed by atoms with van der Waals surface area (Å²) in [6, 6.07) is 16.1. The summed E-state index contributed by atoms with van der Waals surface area (Å²) < 4.78 is 23.8. The molecule has 36 heavy (non-hydrogen) atoms. The van der Waals surface area contributed by atoms with E-state index in [0.717, 1.165) is 40.1 Å². The topological polar surface area (TPSA) is 87.5 Å². The van der Waals surface area contributed by atoms with E-state index < -0.39 is 0 Å². The molecule has 0 spiro atoms. The fourth-order valence-corrected chi connectivity index (χ4v) is 4.21. The Morgan fingerprint density at radius 2 is 1.75 bits per heavy atom. The number of pyridine rings is 1. The van der Waals surface area contributed by atoms with Gasteiger partial charge in [0.25, 0.3) is 0 Å². The SMILES string of the molecule is CCn1c(Cn2ccnc2-c2cccc(F)c2)nc2cc(-c3nnc(-c4cccnc4)o3)ccc21.Cl. The van der Waals surface area contributed by atoms with Gasteiger partial charge in [0.15, 0.2) is 0 Å². The van der Waals surface area contributed by atoms with Gasteiger partial charge in [0.2, 0.25) is 11.8 Å². The van der Waals surface area contributed by atoms with E-state index in [4.69, 9.17) is 9.40 Å². The van der Waals surface area contributed by atoms with Gasteiger partial charge in [0.05, 0.1) is 23.1 Å². The molecule has 0 saturated carbocycles. The van der Waals surface area contributed by atoms with Crippen LogP contribution < -0.4 is 0 Å². The Hall–Kier alpha value is -4.37. The molecule has 2 aromatic carbocycles. The molecule has 4 heterocycles. The molecule has 0 radical (unpaired) electrons. The second-order valence-electron chi connectivity index (χ2n) is 8.02. The van der Waals surface area contributed by atoms with E-state index in [9.17, 15) is 4.39 Å². The average molecular weight is 502 g/mol. The van der Waals surface area contributed by atoms with Crippen molar-refractivity contribution < 1.29 is 8.81 Å². The smallest absolute Gasteiger partial charge is 0.249 e. The van der Waals surface area contributed by atoms with Crippen molar-refractivity contribution in [2.45, 2.75) is 20.0 Å². The van der Waals surface area contributed by atoms with Crippen LogP contribution in [0.3, 0.4) is 0 Å². The lowest BCUT2D eigenvalue weighted by Gasteiger charge is -2.10. The van der Waals surface area contributed by atoms with E-state index >= 15 is 0 Å². The van der Waals surface area contributed by atoms with Gasteiger partial charge in [-0.3, -0.25) is 4.98 Å². The fraction of sp³-hybridized carbons (Fsp3) is 0.115. The Morgan fingerprint density at radius 3 is 2.53 bits per heavy atom. The number of aryl methyl sites for hydroxylation is 1. The van der Waals surface area contributed by atoms with Gasteiger partial charge in [-0.05, 0) is 49.4 Å². The van der Waals surface area contributed by atoms with E-state index in [1.165, 1.54) is 12.1 Å². The summed E-state index contributed by atoms with van der Waals surface area (Å²) >= 11 is 0. The second kappa shape index (κ2) is 9.71. The number of fused-ring (bicyclic) bond motifs is 1. The molecule has 0 amide bonds. The molecule has 8 nitrogen and oxygen atoms in total. The summed E-state index contributed by atoms with van der Waals surface area (Å²) in [7, 11) is 0. The number of imidazole rings is 2. The molecule has 0 fully saturated rings. The van der Waals surface area contributed by atoms with Crippen molar-refractivity contribution in [1.82, 2.24) is 34.3 Å². The number of hydrogen-bond acceptors (Lipinski definition) is 6. The van der Waals surface area contributed by atoms with Gasteiger partial charge in [-0.15, -0.1) is 22.6 Å². The van der Waals surface area contributed by atoms with Crippen molar-refractivity contribution in [2.24, 2.45) is 0 Å². The van der Waals surface area contributed by atoms with Crippen LogP contribution in [0.25, 0.3) is 45.3 Å². The minimum absolute atomic E-state index is 0. The predicted molar refractivity (Wildman–Crippen MR) is 136 cm³/mol. The maximum absolute atomic E-state index is 13.8. The first-order chi connectivity index (χ1) is 17.2. The first-order valence-electron chi connectivity index (χ1n) is 11.2. The van der Waals surface area contributed by atoms with Gasteiger partial charge >= 0.3 is 0 Å². The summed E-state index contributed by atoms with van der Waals surface area (Å²) in [6.45, 7) is 3.33. The van der Waals surface area contributed by atoms with Crippen LogP contribution in [0.2, 0.25) is 0 Å². The maximum Gasteiger partial charge on any atom is 0.249 e. The highest BCUT2D eigenvalue weighted by atomic mass is 35.5. The Balaban J connectivity index is 0.00000267. The lowest BCUT2D eigenvalue weighted by atomic mass is 10.2. The molecule has 0 aliphatic heterocycles. The Bertz CT molecular complexity index is 1640. The van der Waals surface area contributed by atoms with E-state index in [1.54, 1.807) is 24.7 Å². The molecule has 0 atom stereocenters. The highest BCUT2D eigenvalue weighted by Gasteiger charge is 2.16. The van der Waals surface area contributed by atoms with Crippen LogP contribution in [0.5, 0.6) is 0 Å². The Kier molecular flexibility index (Phi) is 6.30. The number of hydrogen-bond donors (Lipinski definition) is 0. The van der Waals surface area contributed by atoms with Crippen molar-refractivity contribution in [2.75, 3.05) is 0 Å². The standard InChI is InChI=1S/C26H20FN7O.ClH/c1-2-34-22-9-8-18(25-31-32-26(35-25)19-6-4-10-28-15-19)14-21(22)30-23(34)16-33-12-11-29-24(33)17-5-3-7-20(27)13-17;/h3-15H,2,16H2,1H3;1H. The zero-order valence-electron chi connectivity index (χ0n) is 19.2. The van der Waals surface area contributed by atoms with E-state index in [-0.39, 0.29) is 18.2 Å². The first kappa shape index (κ1) is 23.4. The molecular weight excluding hydrogens is 481 g/mol. The molecule has 0 N–H and O–H groups in total. The molecule has 0 unspecified atom stereocenters. The van der Waals surface area contributed by atoms with Gasteiger partial charge < -0.3 is 13.6 Å². The summed E-state index contributed by atoms with van der Waals surface area (Å²) in [5.41, 5.74) is 4.10. The van der Waals surface area contributed by atoms with Crippen molar-refractivity contribution in [3.8, 4) is 34.3 Å².